The van der Waals surface area contributed by atoms with Gasteiger partial charge in [0.1, 0.15) is 28.0 Å². The van der Waals surface area contributed by atoms with Crippen molar-refractivity contribution in [3.63, 3.8) is 0 Å². The van der Waals surface area contributed by atoms with Gasteiger partial charge in [-0.05, 0) is 42.0 Å². The Balaban J connectivity index is 1.40. The molecule has 0 aliphatic heterocycles. The van der Waals surface area contributed by atoms with Gasteiger partial charge in [0.25, 0.3) is 11.8 Å². The maximum Gasteiger partial charge on any atom is 0.573 e. The lowest BCUT2D eigenvalue weighted by molar-refractivity contribution is -0.274. The largest absolute Gasteiger partial charge is 0.573 e. The molecule has 3 rings (SSSR count). The molecule has 34 heavy (non-hydrogen) atoms. The van der Waals surface area contributed by atoms with Gasteiger partial charge < -0.3 is 24.8 Å². The van der Waals surface area contributed by atoms with Crippen LogP contribution in [0.1, 0.15) is 21.1 Å². The van der Waals surface area contributed by atoms with E-state index in [-0.39, 0.29) is 30.5 Å². The third-order valence-corrected chi connectivity index (χ3v) is 5.08. The highest BCUT2D eigenvalue weighted by Crippen LogP contribution is 2.24. The van der Waals surface area contributed by atoms with Gasteiger partial charge in [-0.3, -0.25) is 9.59 Å². The summed E-state index contributed by atoms with van der Waals surface area (Å²) in [6.45, 7) is 0.0490. The molecule has 8 nitrogen and oxygen atoms in total. The Hall–Kier alpha value is -3.80. The molecule has 1 heterocycles. The second-order valence-electron chi connectivity index (χ2n) is 6.75. The Bertz CT molecular complexity index is 1120. The van der Waals surface area contributed by atoms with Crippen LogP contribution in [-0.4, -0.2) is 36.9 Å². The van der Waals surface area contributed by atoms with E-state index in [2.05, 4.69) is 20.4 Å². The van der Waals surface area contributed by atoms with Crippen molar-refractivity contribution in [1.82, 2.24) is 15.6 Å². The van der Waals surface area contributed by atoms with Crippen LogP contribution in [0.5, 0.6) is 17.2 Å². The monoisotopic (exact) mass is 495 g/mol. The summed E-state index contributed by atoms with van der Waals surface area (Å²) in [5.74, 6) is -0.312. The quantitative estimate of drug-likeness (QED) is 0.445. The molecule has 2 aromatic carbocycles. The number of rotatable bonds is 10. The third kappa shape index (κ3) is 7.96. The number of ether oxygens (including phenoxy) is 3. The highest BCUT2D eigenvalue weighted by molar-refractivity contribution is 7.09. The number of carbonyl (C=O) groups excluding carboxylic acids is 2. The minimum absolute atomic E-state index is 0.0917. The maximum atomic E-state index is 12.3. The fourth-order valence-corrected chi connectivity index (χ4v) is 3.38. The van der Waals surface area contributed by atoms with E-state index in [0.29, 0.717) is 17.3 Å². The lowest BCUT2D eigenvalue weighted by atomic mass is 10.2. The van der Waals surface area contributed by atoms with Crippen molar-refractivity contribution in [2.45, 2.75) is 19.5 Å². The summed E-state index contributed by atoms with van der Waals surface area (Å²) in [6, 6.07) is 12.0. The number of methoxy groups -OCH3 is 1. The zero-order valence-corrected chi connectivity index (χ0v) is 18.7. The van der Waals surface area contributed by atoms with Crippen molar-refractivity contribution in [2.75, 3.05) is 13.7 Å². The lowest BCUT2D eigenvalue weighted by Gasteiger charge is -2.10. The molecular weight excluding hydrogens is 475 g/mol. The third-order valence-electron chi connectivity index (χ3n) is 4.24. The van der Waals surface area contributed by atoms with Gasteiger partial charge in [-0.2, -0.15) is 0 Å². The molecule has 12 heteroatoms. The fourth-order valence-electron chi connectivity index (χ4n) is 2.66. The van der Waals surface area contributed by atoms with Crippen molar-refractivity contribution in [3.8, 4) is 17.2 Å². The van der Waals surface area contributed by atoms with E-state index < -0.39 is 18.0 Å². The van der Waals surface area contributed by atoms with Gasteiger partial charge in [0.05, 0.1) is 13.7 Å². The van der Waals surface area contributed by atoms with Crippen molar-refractivity contribution >= 4 is 23.2 Å². The lowest BCUT2D eigenvalue weighted by Crippen LogP contribution is -2.28. The molecule has 2 amide bonds. The molecular formula is C22H20F3N3O5S. The van der Waals surface area contributed by atoms with Crippen molar-refractivity contribution in [3.05, 3.63) is 70.2 Å². The van der Waals surface area contributed by atoms with Gasteiger partial charge in [0, 0.05) is 11.9 Å². The van der Waals surface area contributed by atoms with E-state index in [0.717, 1.165) is 17.7 Å². The standard InChI is InChI=1S/C22H20F3N3O5S/c1-31-17-4-2-3-14(9-17)10-27-21(30)18-13-34-20(28-18)11-26-19(29)12-32-15-5-7-16(8-6-15)33-22(23,24)25/h2-9,13H,10-12H2,1H3,(H,26,29)(H,27,30). The predicted molar refractivity (Wildman–Crippen MR) is 117 cm³/mol. The average Bonchev–Trinajstić information content (AvgIpc) is 3.29. The number of nitrogens with zero attached hydrogens (tertiary/aromatic N) is 1. The Morgan fingerprint density at radius 1 is 1.00 bits per heavy atom. The Morgan fingerprint density at radius 3 is 2.44 bits per heavy atom. The summed E-state index contributed by atoms with van der Waals surface area (Å²) in [5, 5.41) is 7.48. The van der Waals surface area contributed by atoms with Crippen LogP contribution in [0.3, 0.4) is 0 Å². The van der Waals surface area contributed by atoms with Gasteiger partial charge in [0.2, 0.25) is 0 Å². The van der Waals surface area contributed by atoms with Gasteiger partial charge >= 0.3 is 6.36 Å². The number of halogens is 3. The second kappa shape index (κ2) is 11.4. The number of carbonyl (C=O) groups is 2. The first kappa shape index (κ1) is 24.8. The first-order chi connectivity index (χ1) is 16.2. The van der Waals surface area contributed by atoms with Crippen LogP contribution in [0.15, 0.2) is 53.9 Å². The molecule has 1 aromatic heterocycles. The first-order valence-corrected chi connectivity index (χ1v) is 10.7. The van der Waals surface area contributed by atoms with E-state index in [4.69, 9.17) is 9.47 Å². The van der Waals surface area contributed by atoms with Crippen LogP contribution in [0, 0.1) is 0 Å². The topological polar surface area (TPSA) is 98.8 Å². The molecule has 0 bridgehead atoms. The average molecular weight is 495 g/mol. The summed E-state index contributed by atoms with van der Waals surface area (Å²) in [6.07, 6.45) is -4.78. The Labute approximate surface area is 196 Å². The number of thiazole rings is 1. The molecule has 0 radical (unpaired) electrons. The highest BCUT2D eigenvalue weighted by atomic mass is 32.1. The molecule has 0 atom stereocenters. The number of alkyl halides is 3. The molecule has 0 fully saturated rings. The molecule has 0 aliphatic carbocycles. The number of benzene rings is 2. The van der Waals surface area contributed by atoms with E-state index in [9.17, 15) is 22.8 Å². The summed E-state index contributed by atoms with van der Waals surface area (Å²) < 4.78 is 50.6. The van der Waals surface area contributed by atoms with Crippen LogP contribution in [0.4, 0.5) is 13.2 Å². The van der Waals surface area contributed by atoms with E-state index in [1.54, 1.807) is 18.6 Å². The van der Waals surface area contributed by atoms with E-state index in [1.165, 1.54) is 23.5 Å². The Kier molecular flexibility index (Phi) is 8.30. The second-order valence-corrected chi connectivity index (χ2v) is 7.69. The van der Waals surface area contributed by atoms with Crippen molar-refractivity contribution in [2.24, 2.45) is 0 Å². The summed E-state index contributed by atoms with van der Waals surface area (Å²) in [5.41, 5.74) is 1.10. The summed E-state index contributed by atoms with van der Waals surface area (Å²) in [7, 11) is 1.56. The van der Waals surface area contributed by atoms with E-state index >= 15 is 0 Å². The summed E-state index contributed by atoms with van der Waals surface area (Å²) >= 11 is 1.21. The Morgan fingerprint density at radius 2 is 1.74 bits per heavy atom. The van der Waals surface area contributed by atoms with Crippen LogP contribution in [0.2, 0.25) is 0 Å². The predicted octanol–water partition coefficient (Wildman–Crippen LogP) is 3.68. The van der Waals surface area contributed by atoms with Crippen LogP contribution >= 0.6 is 11.3 Å². The number of hydrogen-bond acceptors (Lipinski definition) is 7. The highest BCUT2D eigenvalue weighted by Gasteiger charge is 2.31. The number of hydrogen-bond donors (Lipinski definition) is 2. The number of nitrogens with one attached hydrogen (secondary N) is 2. The molecule has 0 aliphatic rings. The van der Waals surface area contributed by atoms with Gasteiger partial charge in [-0.25, -0.2) is 4.98 Å². The minimum atomic E-state index is -4.78. The van der Waals surface area contributed by atoms with E-state index in [1.807, 2.05) is 18.2 Å². The molecule has 0 unspecified atom stereocenters. The minimum Gasteiger partial charge on any atom is -0.497 e. The zero-order valence-electron chi connectivity index (χ0n) is 17.8. The molecule has 0 spiro atoms. The zero-order chi connectivity index (χ0) is 24.6. The van der Waals surface area contributed by atoms with Crippen LogP contribution in [-0.2, 0) is 17.9 Å². The fraction of sp³-hybridized carbons (Fsp3) is 0.227. The van der Waals surface area contributed by atoms with Crippen LogP contribution < -0.4 is 24.8 Å². The van der Waals surface area contributed by atoms with Gasteiger partial charge in [0.15, 0.2) is 6.61 Å². The molecule has 0 saturated carbocycles. The first-order valence-electron chi connectivity index (χ1n) is 9.82. The van der Waals surface area contributed by atoms with Crippen molar-refractivity contribution < 1.29 is 37.0 Å². The van der Waals surface area contributed by atoms with Gasteiger partial charge in [-0.15, -0.1) is 24.5 Å². The molecule has 3 aromatic rings. The molecule has 2 N–H and O–H groups in total. The summed E-state index contributed by atoms with van der Waals surface area (Å²) in [4.78, 5) is 28.5. The number of aromatic nitrogens is 1. The molecule has 0 saturated heterocycles. The van der Waals surface area contributed by atoms with Crippen molar-refractivity contribution in [1.29, 1.82) is 0 Å². The SMILES string of the molecule is COc1cccc(CNC(=O)c2csc(CNC(=O)COc3ccc(OC(F)(F)F)cc3)n2)c1. The maximum absolute atomic E-state index is 12.3. The van der Waals surface area contributed by atoms with Gasteiger partial charge in [-0.1, -0.05) is 12.1 Å². The smallest absolute Gasteiger partial charge is 0.497 e. The number of amides is 2. The normalized spacial score (nSPS) is 10.9. The molecule has 180 valence electrons. The van der Waals surface area contributed by atoms with Crippen LogP contribution in [0.25, 0.3) is 0 Å².